The summed E-state index contributed by atoms with van der Waals surface area (Å²) in [5.41, 5.74) is 5.37. The number of aromatic carboxylic acids is 1. The number of pyridine rings is 1. The van der Waals surface area contributed by atoms with Crippen LogP contribution < -0.4 is 21.4 Å². The first-order chi connectivity index (χ1) is 28.3. The third-order valence-corrected chi connectivity index (χ3v) is 13.2. The number of oxime groups is 1. The van der Waals surface area contributed by atoms with E-state index in [-0.39, 0.29) is 94.6 Å². The van der Waals surface area contributed by atoms with Gasteiger partial charge in [0.1, 0.15) is 47.8 Å². The van der Waals surface area contributed by atoms with Gasteiger partial charge in [-0.05, 0) is 41.0 Å². The van der Waals surface area contributed by atoms with Crippen LogP contribution in [0.4, 0.5) is 15.2 Å². The van der Waals surface area contributed by atoms with E-state index in [2.05, 4.69) is 31.0 Å². The van der Waals surface area contributed by atoms with Crippen LogP contribution in [0.15, 0.2) is 50.1 Å². The van der Waals surface area contributed by atoms with Gasteiger partial charge in [0, 0.05) is 60.7 Å². The van der Waals surface area contributed by atoms with Gasteiger partial charge >= 0.3 is 11.9 Å². The van der Waals surface area contributed by atoms with Crippen LogP contribution >= 0.6 is 34.9 Å². The van der Waals surface area contributed by atoms with Crippen LogP contribution in [0, 0.1) is 5.82 Å². The highest BCUT2D eigenvalue weighted by molar-refractivity contribution is 8.01. The molecule has 3 fully saturated rings. The van der Waals surface area contributed by atoms with Crippen molar-refractivity contribution in [3.05, 3.63) is 62.3 Å². The van der Waals surface area contributed by atoms with E-state index in [0.29, 0.717) is 11.1 Å². The lowest BCUT2D eigenvalue weighted by atomic mass is 10.0. The summed E-state index contributed by atoms with van der Waals surface area (Å²) >= 11 is 3.45. The summed E-state index contributed by atoms with van der Waals surface area (Å²) in [6, 6.07) is 1.64. The number of carbonyl (C=O) groups excluding carboxylic acids is 3. The molecule has 0 spiro atoms. The van der Waals surface area contributed by atoms with Crippen LogP contribution in [0.5, 0.6) is 0 Å². The number of carboxylic acids is 2. The molecular formula is C34H33FN12O9S3. The molecular weight excluding hydrogens is 836 g/mol. The van der Waals surface area contributed by atoms with Gasteiger partial charge in [-0.25, -0.2) is 23.6 Å². The summed E-state index contributed by atoms with van der Waals surface area (Å²) < 4.78 is 18.5. The molecule has 3 aromatic heterocycles. The first kappa shape index (κ1) is 39.7. The van der Waals surface area contributed by atoms with Crippen molar-refractivity contribution < 1.29 is 43.4 Å². The maximum Gasteiger partial charge on any atom is 0.352 e. The maximum atomic E-state index is 15.5. The number of benzene rings is 1. The Bertz CT molecular complexity index is 2550. The molecule has 5 N–H and O–H groups in total. The standard InChI is InChI=1S/C34H33FN12O9S3/c1-56-40-24(20-14-58-33(36)37-20)28(50)38-25-29(51)47-26(32(54)55)15(12-57-30(25)47)13-59-34-39-41-42-46(34)11-23(48)44-6-4-43(5-7-44)22-9-21-17(8-19(22)35)27(49)18(31(52)53)10-45(21)16-2-3-16/h8-10,14,16,25,30H,2-7,11-13H2,1H3,(H2,36,37)(H,38,50)(H,52,53)(H,54,55)/t25?,30-/m1/s1. The summed E-state index contributed by atoms with van der Waals surface area (Å²) in [7, 11) is 1.25. The number of aliphatic carboxylic acids is 1. The fraction of sp³-hybridized carbons (Fsp3) is 0.382. The molecule has 21 nitrogen and oxygen atoms in total. The Hall–Kier alpha value is -6.08. The fourth-order valence-corrected chi connectivity index (χ4v) is 9.99. The van der Waals surface area contributed by atoms with Crippen molar-refractivity contribution in [1.29, 1.82) is 0 Å². The first-order valence-electron chi connectivity index (χ1n) is 17.9. The van der Waals surface area contributed by atoms with Gasteiger partial charge in [-0.3, -0.25) is 24.1 Å². The number of thiazole rings is 1. The van der Waals surface area contributed by atoms with Gasteiger partial charge in [0.05, 0.1) is 11.2 Å². The van der Waals surface area contributed by atoms with Gasteiger partial charge < -0.3 is 40.5 Å². The number of piperazine rings is 1. The molecule has 3 amide bonds. The molecule has 1 aromatic carbocycles. The monoisotopic (exact) mass is 868 g/mol. The Morgan fingerprint density at radius 1 is 1.12 bits per heavy atom. The summed E-state index contributed by atoms with van der Waals surface area (Å²) in [6.07, 6.45) is 2.95. The SMILES string of the molecule is CON=C(C(=O)NC1C(=O)N2C(C(=O)O)=C(CSc3nnnn3CC(=O)N3CCN(c4cc5c(cc4F)c(=O)c(C(=O)O)cn5C4CC4)CC3)CS[C@H]12)c1csc(N)n1. The van der Waals surface area contributed by atoms with Crippen LogP contribution in [-0.2, 0) is 30.6 Å². The maximum absolute atomic E-state index is 15.5. The molecule has 0 bridgehead atoms. The number of nitrogens with zero attached hydrogens (tertiary/aromatic N) is 10. The molecule has 2 saturated heterocycles. The van der Waals surface area contributed by atoms with E-state index >= 15 is 4.39 Å². The summed E-state index contributed by atoms with van der Waals surface area (Å²) in [5, 5.41) is 38.9. The highest BCUT2D eigenvalue weighted by Crippen LogP contribution is 2.42. The van der Waals surface area contributed by atoms with Gasteiger partial charge in [-0.15, -0.1) is 28.2 Å². The van der Waals surface area contributed by atoms with Crippen LogP contribution in [0.2, 0.25) is 0 Å². The van der Waals surface area contributed by atoms with Crippen molar-refractivity contribution >= 4 is 92.0 Å². The van der Waals surface area contributed by atoms with E-state index < -0.39 is 52.0 Å². The van der Waals surface area contributed by atoms with E-state index in [1.807, 2.05) is 0 Å². The summed E-state index contributed by atoms with van der Waals surface area (Å²) in [6.45, 7) is 0.813. The molecule has 2 atom stereocenters. The number of hydrogen-bond donors (Lipinski definition) is 4. The number of hydrogen-bond acceptors (Lipinski definition) is 17. The van der Waals surface area contributed by atoms with Crippen LogP contribution in [-0.4, -0.2) is 141 Å². The van der Waals surface area contributed by atoms with E-state index in [4.69, 9.17) is 10.6 Å². The number of nitrogens with two attached hydrogens (primary N) is 1. The largest absolute Gasteiger partial charge is 0.477 e. The number of tetrazole rings is 1. The zero-order valence-corrected chi connectivity index (χ0v) is 33.3. The number of amides is 3. The summed E-state index contributed by atoms with van der Waals surface area (Å²) in [4.78, 5) is 90.2. The van der Waals surface area contributed by atoms with E-state index in [9.17, 15) is 39.0 Å². The lowest BCUT2D eigenvalue weighted by molar-refractivity contribution is -0.150. The number of thioether (sulfide) groups is 2. The van der Waals surface area contributed by atoms with Gasteiger partial charge in [-0.1, -0.05) is 16.9 Å². The highest BCUT2D eigenvalue weighted by Gasteiger charge is 2.54. The predicted octanol–water partition coefficient (Wildman–Crippen LogP) is 0.429. The van der Waals surface area contributed by atoms with Crippen LogP contribution in [0.3, 0.4) is 0 Å². The van der Waals surface area contributed by atoms with Crippen molar-refractivity contribution in [2.24, 2.45) is 5.16 Å². The molecule has 308 valence electrons. The molecule has 1 aliphatic carbocycles. The second kappa shape index (κ2) is 15.9. The Morgan fingerprint density at radius 2 is 1.88 bits per heavy atom. The lowest BCUT2D eigenvalue weighted by Gasteiger charge is -2.49. The topological polar surface area (TPSA) is 274 Å². The first-order valence-corrected chi connectivity index (χ1v) is 20.8. The quantitative estimate of drug-likeness (QED) is 0.0614. The molecule has 1 unspecified atom stereocenters. The Kier molecular flexibility index (Phi) is 10.7. The smallest absolute Gasteiger partial charge is 0.352 e. The minimum atomic E-state index is -1.37. The molecule has 4 aromatic rings. The number of nitrogens with one attached hydrogen (secondary N) is 1. The van der Waals surface area contributed by atoms with Crippen LogP contribution in [0.25, 0.3) is 10.9 Å². The molecule has 59 heavy (non-hydrogen) atoms. The van der Waals surface area contributed by atoms with Crippen molar-refractivity contribution in [3.63, 3.8) is 0 Å². The molecule has 6 heterocycles. The Balaban J connectivity index is 0.891. The highest BCUT2D eigenvalue weighted by atomic mass is 32.2. The number of β-lactam (4-membered cyclic amide) rings is 1. The van der Waals surface area contributed by atoms with Crippen LogP contribution in [0.1, 0.15) is 34.9 Å². The van der Waals surface area contributed by atoms with E-state index in [0.717, 1.165) is 46.9 Å². The lowest BCUT2D eigenvalue weighted by Crippen LogP contribution is -2.71. The number of rotatable bonds is 13. The number of carboxylic acid groups (broad SMARTS) is 2. The zero-order valence-electron chi connectivity index (χ0n) is 30.8. The second-order valence-corrected chi connectivity index (χ2v) is 16.7. The predicted molar refractivity (Wildman–Crippen MR) is 210 cm³/mol. The Morgan fingerprint density at radius 3 is 2.54 bits per heavy atom. The number of carbonyl (C=O) groups is 5. The number of aromatic nitrogens is 6. The zero-order chi connectivity index (χ0) is 41.7. The molecule has 0 radical (unpaired) electrons. The molecule has 8 rings (SSSR count). The fourth-order valence-electron chi connectivity index (χ4n) is 7.08. The summed E-state index contributed by atoms with van der Waals surface area (Å²) in [5.74, 6) is -4.77. The number of halogens is 1. The van der Waals surface area contributed by atoms with Crippen molar-refractivity contribution in [2.45, 2.75) is 42.0 Å². The second-order valence-electron chi connectivity index (χ2n) is 13.7. The van der Waals surface area contributed by atoms with Crippen molar-refractivity contribution in [1.82, 2.24) is 44.9 Å². The number of anilines is 2. The average Bonchev–Trinajstić information content (AvgIpc) is 3.82. The average molecular weight is 869 g/mol. The number of fused-ring (bicyclic) bond motifs is 2. The minimum Gasteiger partial charge on any atom is -0.477 e. The molecule has 3 aliphatic heterocycles. The van der Waals surface area contributed by atoms with E-state index in [1.54, 1.807) is 20.4 Å². The van der Waals surface area contributed by atoms with Gasteiger partial charge in [0.25, 0.3) is 11.8 Å². The van der Waals surface area contributed by atoms with Gasteiger partial charge in [0.15, 0.2) is 10.8 Å². The molecule has 25 heteroatoms. The Labute approximate surface area is 344 Å². The van der Waals surface area contributed by atoms with E-state index in [1.165, 1.54) is 35.1 Å². The third-order valence-electron chi connectivity index (χ3n) is 10.1. The molecule has 1 saturated carbocycles. The van der Waals surface area contributed by atoms with Gasteiger partial charge in [0.2, 0.25) is 16.5 Å². The van der Waals surface area contributed by atoms with Crippen molar-refractivity contribution in [3.8, 4) is 0 Å². The normalized spacial score (nSPS) is 19.5. The van der Waals surface area contributed by atoms with Crippen molar-refractivity contribution in [2.75, 3.05) is 55.4 Å². The molecule has 4 aliphatic rings. The minimum absolute atomic E-state index is 0.00426. The van der Waals surface area contributed by atoms with Gasteiger partial charge in [-0.2, -0.15) is 0 Å². The number of nitrogen functional groups attached to an aromatic ring is 1. The third kappa shape index (κ3) is 7.55.